The van der Waals surface area contributed by atoms with Gasteiger partial charge in [0.05, 0.1) is 13.2 Å². The summed E-state index contributed by atoms with van der Waals surface area (Å²) in [5, 5.41) is 2.23. The van der Waals surface area contributed by atoms with Gasteiger partial charge in [0.1, 0.15) is 16.5 Å². The zero-order valence-electron chi connectivity index (χ0n) is 17.2. The third kappa shape index (κ3) is 5.72. The Morgan fingerprint density at radius 1 is 1.16 bits per heavy atom. The summed E-state index contributed by atoms with van der Waals surface area (Å²) in [6, 6.07) is 10.3. The lowest BCUT2D eigenvalue weighted by atomic mass is 10.2. The number of ether oxygens (including phenoxy) is 1. The molecule has 2 aromatic heterocycles. The van der Waals surface area contributed by atoms with E-state index in [9.17, 15) is 9.18 Å². The smallest absolute Gasteiger partial charge is 0.273 e. The van der Waals surface area contributed by atoms with E-state index in [2.05, 4.69) is 14.9 Å². The van der Waals surface area contributed by atoms with E-state index in [1.807, 2.05) is 17.0 Å². The fraction of sp³-hybridized carbons (Fsp3) is 0.348. The molecule has 3 heterocycles. The largest absolute Gasteiger partial charge is 0.379 e. The van der Waals surface area contributed by atoms with Crippen molar-refractivity contribution in [1.82, 2.24) is 19.8 Å². The van der Waals surface area contributed by atoms with Gasteiger partial charge in [-0.3, -0.25) is 14.7 Å². The van der Waals surface area contributed by atoms with Crippen LogP contribution < -0.4 is 0 Å². The van der Waals surface area contributed by atoms with Crippen LogP contribution in [0.15, 0.2) is 54.2 Å². The highest BCUT2D eigenvalue weighted by Crippen LogP contribution is 2.26. The van der Waals surface area contributed by atoms with Crippen LogP contribution in [-0.4, -0.2) is 65.1 Å². The average Bonchev–Trinajstić information content (AvgIpc) is 3.30. The first-order valence-corrected chi connectivity index (χ1v) is 11.3. The van der Waals surface area contributed by atoms with Crippen LogP contribution in [0.2, 0.25) is 0 Å². The molecule has 1 aliphatic rings. The van der Waals surface area contributed by atoms with Crippen molar-refractivity contribution in [1.29, 1.82) is 0 Å². The molecule has 6 nitrogen and oxygen atoms in total. The Bertz CT molecular complexity index is 992. The van der Waals surface area contributed by atoms with E-state index >= 15 is 0 Å². The first-order valence-electron chi connectivity index (χ1n) is 10.4. The Hall–Kier alpha value is -2.68. The third-order valence-electron chi connectivity index (χ3n) is 5.24. The second kappa shape index (κ2) is 10.6. The molecule has 0 bridgehead atoms. The van der Waals surface area contributed by atoms with Crippen LogP contribution in [0.5, 0.6) is 0 Å². The fourth-order valence-corrected chi connectivity index (χ4v) is 4.38. The predicted molar refractivity (Wildman–Crippen MR) is 118 cm³/mol. The molecule has 31 heavy (non-hydrogen) atoms. The fourth-order valence-electron chi connectivity index (χ4n) is 3.56. The molecule has 1 aromatic carbocycles. The van der Waals surface area contributed by atoms with Crippen molar-refractivity contribution >= 4 is 17.2 Å². The van der Waals surface area contributed by atoms with E-state index in [1.54, 1.807) is 36.0 Å². The number of rotatable bonds is 8. The summed E-state index contributed by atoms with van der Waals surface area (Å²) in [5.41, 5.74) is 1.78. The molecule has 162 valence electrons. The molecule has 3 aromatic rings. The van der Waals surface area contributed by atoms with Gasteiger partial charge >= 0.3 is 0 Å². The standard InChI is InChI=1S/C23H25FN4O2S/c24-20-5-2-1-4-19(20)22-26-21(17-31-22)23(29)28(16-18-6-8-25-9-7-18)11-3-10-27-12-14-30-15-13-27/h1-2,4-9,17H,3,10-16H2. The SMILES string of the molecule is O=C(c1csc(-c2ccccc2F)n1)N(CCCN1CCOCC1)Cc1ccncc1. The van der Waals surface area contributed by atoms with Crippen molar-refractivity contribution in [3.63, 3.8) is 0 Å². The lowest BCUT2D eigenvalue weighted by Gasteiger charge is -2.28. The number of benzene rings is 1. The highest BCUT2D eigenvalue weighted by molar-refractivity contribution is 7.13. The molecule has 0 N–H and O–H groups in total. The van der Waals surface area contributed by atoms with E-state index in [0.717, 1.165) is 44.8 Å². The van der Waals surface area contributed by atoms with E-state index in [0.29, 0.717) is 29.4 Å². The van der Waals surface area contributed by atoms with Gasteiger partial charge in [-0.25, -0.2) is 9.37 Å². The molecule has 8 heteroatoms. The summed E-state index contributed by atoms with van der Waals surface area (Å²) in [4.78, 5) is 26.0. The van der Waals surface area contributed by atoms with Crippen molar-refractivity contribution in [3.8, 4) is 10.6 Å². The number of halogens is 1. The zero-order valence-corrected chi connectivity index (χ0v) is 18.1. The highest BCUT2D eigenvalue weighted by atomic mass is 32.1. The molecular weight excluding hydrogens is 415 g/mol. The number of aromatic nitrogens is 2. The summed E-state index contributed by atoms with van der Waals surface area (Å²) in [5.74, 6) is -0.479. The van der Waals surface area contributed by atoms with Crippen LogP contribution in [0.4, 0.5) is 4.39 Å². The lowest BCUT2D eigenvalue weighted by Crippen LogP contribution is -2.39. The number of thiazole rings is 1. The first-order chi connectivity index (χ1) is 15.2. The molecule has 0 saturated carbocycles. The zero-order chi connectivity index (χ0) is 21.5. The molecule has 0 unspecified atom stereocenters. The number of hydrogen-bond donors (Lipinski definition) is 0. The van der Waals surface area contributed by atoms with Crippen LogP contribution in [0, 0.1) is 5.82 Å². The van der Waals surface area contributed by atoms with E-state index < -0.39 is 0 Å². The minimum absolute atomic E-state index is 0.141. The van der Waals surface area contributed by atoms with E-state index in [1.165, 1.54) is 17.4 Å². The summed E-state index contributed by atoms with van der Waals surface area (Å²) < 4.78 is 19.5. The molecule has 0 spiro atoms. The molecule has 1 fully saturated rings. The molecule has 1 amide bonds. The van der Waals surface area contributed by atoms with Crippen LogP contribution in [0.25, 0.3) is 10.6 Å². The second-order valence-electron chi connectivity index (χ2n) is 7.41. The molecule has 1 aliphatic heterocycles. The number of pyridine rings is 1. The molecule has 0 radical (unpaired) electrons. The number of amides is 1. The summed E-state index contributed by atoms with van der Waals surface area (Å²) in [6.07, 6.45) is 4.32. The Morgan fingerprint density at radius 2 is 1.94 bits per heavy atom. The summed E-state index contributed by atoms with van der Waals surface area (Å²) >= 11 is 1.28. The maximum Gasteiger partial charge on any atom is 0.273 e. The predicted octanol–water partition coefficient (Wildman–Crippen LogP) is 3.71. The van der Waals surface area contributed by atoms with E-state index in [-0.39, 0.29) is 11.7 Å². The number of nitrogens with zero attached hydrogens (tertiary/aromatic N) is 4. The number of carbonyl (C=O) groups is 1. The lowest BCUT2D eigenvalue weighted by molar-refractivity contribution is 0.0355. The van der Waals surface area contributed by atoms with Crippen molar-refractivity contribution in [3.05, 3.63) is 71.2 Å². The van der Waals surface area contributed by atoms with Gasteiger partial charge in [-0.2, -0.15) is 0 Å². The maximum absolute atomic E-state index is 14.1. The van der Waals surface area contributed by atoms with Gasteiger partial charge in [0, 0.05) is 56.1 Å². The Kier molecular flexibility index (Phi) is 7.35. The van der Waals surface area contributed by atoms with Crippen molar-refractivity contribution < 1.29 is 13.9 Å². The average molecular weight is 441 g/mol. The normalized spacial score (nSPS) is 14.5. The third-order valence-corrected chi connectivity index (χ3v) is 6.12. The number of carbonyl (C=O) groups excluding carboxylic acids is 1. The van der Waals surface area contributed by atoms with Gasteiger partial charge in [0.2, 0.25) is 0 Å². The second-order valence-corrected chi connectivity index (χ2v) is 8.27. The van der Waals surface area contributed by atoms with Gasteiger partial charge in [-0.15, -0.1) is 11.3 Å². The van der Waals surface area contributed by atoms with Gasteiger partial charge in [-0.05, 0) is 36.2 Å². The van der Waals surface area contributed by atoms with Crippen LogP contribution in [-0.2, 0) is 11.3 Å². The van der Waals surface area contributed by atoms with Gasteiger partial charge < -0.3 is 9.64 Å². The van der Waals surface area contributed by atoms with Crippen molar-refractivity contribution in [2.75, 3.05) is 39.4 Å². The number of hydrogen-bond acceptors (Lipinski definition) is 6. The van der Waals surface area contributed by atoms with Gasteiger partial charge in [0.25, 0.3) is 5.91 Å². The Labute approximate surface area is 185 Å². The minimum Gasteiger partial charge on any atom is -0.379 e. The molecule has 4 rings (SSSR count). The maximum atomic E-state index is 14.1. The molecule has 1 saturated heterocycles. The van der Waals surface area contributed by atoms with Crippen LogP contribution >= 0.6 is 11.3 Å². The topological polar surface area (TPSA) is 58.6 Å². The molecular formula is C23H25FN4O2S. The Morgan fingerprint density at radius 3 is 2.71 bits per heavy atom. The van der Waals surface area contributed by atoms with Gasteiger partial charge in [0.15, 0.2) is 0 Å². The van der Waals surface area contributed by atoms with Crippen LogP contribution in [0.3, 0.4) is 0 Å². The molecule has 0 atom stereocenters. The number of morpholine rings is 1. The first kappa shape index (κ1) is 21.5. The summed E-state index contributed by atoms with van der Waals surface area (Å²) in [6.45, 7) is 5.39. The Balaban J connectivity index is 1.47. The van der Waals surface area contributed by atoms with Crippen molar-refractivity contribution in [2.45, 2.75) is 13.0 Å². The summed E-state index contributed by atoms with van der Waals surface area (Å²) in [7, 11) is 0. The van der Waals surface area contributed by atoms with E-state index in [4.69, 9.17) is 4.74 Å². The minimum atomic E-state index is -0.338. The monoisotopic (exact) mass is 440 g/mol. The molecule has 0 aliphatic carbocycles. The van der Waals surface area contributed by atoms with Gasteiger partial charge in [-0.1, -0.05) is 12.1 Å². The quantitative estimate of drug-likeness (QED) is 0.535. The highest BCUT2D eigenvalue weighted by Gasteiger charge is 2.21. The van der Waals surface area contributed by atoms with Crippen LogP contribution in [0.1, 0.15) is 22.5 Å². The van der Waals surface area contributed by atoms with Crippen molar-refractivity contribution in [2.24, 2.45) is 0 Å².